The Hall–Kier alpha value is -2.36. The van der Waals surface area contributed by atoms with E-state index in [0.29, 0.717) is 22.9 Å². The highest BCUT2D eigenvalue weighted by Crippen LogP contribution is 2.32. The number of hydrogen-bond donors (Lipinski definition) is 0. The zero-order valence-electron chi connectivity index (χ0n) is 13.3. The summed E-state index contributed by atoms with van der Waals surface area (Å²) in [5, 5.41) is 14.8. The van der Waals surface area contributed by atoms with Crippen molar-refractivity contribution in [1.29, 1.82) is 5.26 Å². The third-order valence-corrected chi connectivity index (χ3v) is 5.16. The second kappa shape index (κ2) is 6.63. The van der Waals surface area contributed by atoms with Gasteiger partial charge in [0.2, 0.25) is 0 Å². The van der Waals surface area contributed by atoms with Crippen molar-refractivity contribution >= 4 is 39.1 Å². The van der Waals surface area contributed by atoms with Crippen LogP contribution in [0.3, 0.4) is 0 Å². The summed E-state index contributed by atoms with van der Waals surface area (Å²) < 4.78 is 1.78. The van der Waals surface area contributed by atoms with Crippen LogP contribution in [0.4, 0.5) is 0 Å². The first-order chi connectivity index (χ1) is 11.5. The first-order valence-electron chi connectivity index (χ1n) is 7.39. The molecule has 0 bridgehead atoms. The molecule has 122 valence electrons. The molecule has 0 saturated heterocycles. The predicted molar refractivity (Wildman–Crippen MR) is 95.9 cm³/mol. The van der Waals surface area contributed by atoms with Crippen molar-refractivity contribution in [3.8, 4) is 11.8 Å². The van der Waals surface area contributed by atoms with E-state index in [4.69, 9.17) is 16.9 Å². The highest BCUT2D eigenvalue weighted by atomic mass is 35.5. The molecule has 0 radical (unpaired) electrons. The number of aromatic nitrogens is 2. The molecule has 1 aromatic carbocycles. The molecule has 3 aromatic rings. The summed E-state index contributed by atoms with van der Waals surface area (Å²) in [5.74, 6) is -0.0865. The molecule has 0 aliphatic heterocycles. The number of para-hydroxylation sites is 1. The maximum atomic E-state index is 12.5. The number of benzene rings is 1. The molecule has 0 spiro atoms. The van der Waals surface area contributed by atoms with Gasteiger partial charge < -0.3 is 4.90 Å². The fourth-order valence-electron chi connectivity index (χ4n) is 2.45. The number of aryl methyl sites for hydroxylation is 1. The van der Waals surface area contributed by atoms with Crippen LogP contribution in [0.15, 0.2) is 30.3 Å². The van der Waals surface area contributed by atoms with Crippen LogP contribution in [-0.2, 0) is 0 Å². The van der Waals surface area contributed by atoms with Gasteiger partial charge in [0.15, 0.2) is 0 Å². The SMILES string of the molecule is Cc1nn(-c2ccccc2Cl)c2sc(C(=O)N(C)CCC#N)cc12. The first-order valence-corrected chi connectivity index (χ1v) is 8.59. The lowest BCUT2D eigenvalue weighted by Gasteiger charge is -2.13. The van der Waals surface area contributed by atoms with Crippen molar-refractivity contribution < 1.29 is 4.79 Å². The van der Waals surface area contributed by atoms with Gasteiger partial charge in [0, 0.05) is 19.0 Å². The van der Waals surface area contributed by atoms with Crippen LogP contribution in [0.2, 0.25) is 5.02 Å². The van der Waals surface area contributed by atoms with E-state index in [9.17, 15) is 4.79 Å². The molecular formula is C17H15ClN4OS. The standard InChI is InChI=1S/C17H15ClN4OS/c1-11-12-10-15(16(23)21(2)9-5-8-19)24-17(12)22(20-11)14-7-4-3-6-13(14)18/h3-4,6-7,10H,5,9H2,1-2H3. The fourth-order valence-corrected chi connectivity index (χ4v) is 3.83. The summed E-state index contributed by atoms with van der Waals surface area (Å²) in [4.78, 5) is 15.6. The average molecular weight is 359 g/mol. The van der Waals surface area contributed by atoms with Crippen molar-refractivity contribution in [3.63, 3.8) is 0 Å². The lowest BCUT2D eigenvalue weighted by Crippen LogP contribution is -2.26. The van der Waals surface area contributed by atoms with Crippen LogP contribution in [-0.4, -0.2) is 34.2 Å². The smallest absolute Gasteiger partial charge is 0.263 e. The van der Waals surface area contributed by atoms with Gasteiger partial charge in [0.05, 0.1) is 33.8 Å². The quantitative estimate of drug-likeness (QED) is 0.707. The molecule has 0 unspecified atom stereocenters. The lowest BCUT2D eigenvalue weighted by atomic mass is 10.3. The summed E-state index contributed by atoms with van der Waals surface area (Å²) in [7, 11) is 1.71. The van der Waals surface area contributed by atoms with Gasteiger partial charge in [-0.25, -0.2) is 4.68 Å². The van der Waals surface area contributed by atoms with Gasteiger partial charge in [-0.2, -0.15) is 10.4 Å². The Morgan fingerprint density at radius 1 is 1.46 bits per heavy atom. The predicted octanol–water partition coefficient (Wildman–Crippen LogP) is 4.03. The second-order valence-corrected chi connectivity index (χ2v) is 6.85. The van der Waals surface area contributed by atoms with E-state index in [2.05, 4.69) is 11.2 Å². The van der Waals surface area contributed by atoms with Crippen molar-refractivity contribution in [3.05, 3.63) is 45.9 Å². The number of rotatable bonds is 4. The molecule has 1 amide bonds. The van der Waals surface area contributed by atoms with Gasteiger partial charge in [-0.15, -0.1) is 11.3 Å². The molecule has 0 N–H and O–H groups in total. The zero-order chi connectivity index (χ0) is 17.3. The maximum Gasteiger partial charge on any atom is 0.263 e. The largest absolute Gasteiger partial charge is 0.340 e. The molecular weight excluding hydrogens is 344 g/mol. The number of hydrogen-bond acceptors (Lipinski definition) is 4. The van der Waals surface area contributed by atoms with Crippen LogP contribution in [0.5, 0.6) is 0 Å². The van der Waals surface area contributed by atoms with Gasteiger partial charge in [-0.3, -0.25) is 4.79 Å². The van der Waals surface area contributed by atoms with Crippen molar-refractivity contribution in [1.82, 2.24) is 14.7 Å². The summed E-state index contributed by atoms with van der Waals surface area (Å²) >= 11 is 7.67. The number of carbonyl (C=O) groups excluding carboxylic acids is 1. The molecule has 24 heavy (non-hydrogen) atoms. The van der Waals surface area contributed by atoms with Gasteiger partial charge in [0.1, 0.15) is 4.83 Å². The third-order valence-electron chi connectivity index (χ3n) is 3.74. The molecule has 2 aromatic heterocycles. The van der Waals surface area contributed by atoms with E-state index in [-0.39, 0.29) is 5.91 Å². The zero-order valence-corrected chi connectivity index (χ0v) is 14.9. The minimum atomic E-state index is -0.0865. The molecule has 5 nitrogen and oxygen atoms in total. The molecule has 0 fully saturated rings. The number of halogens is 1. The van der Waals surface area contributed by atoms with Gasteiger partial charge in [0.25, 0.3) is 5.91 Å². The highest BCUT2D eigenvalue weighted by Gasteiger charge is 2.20. The van der Waals surface area contributed by atoms with Crippen LogP contribution >= 0.6 is 22.9 Å². The number of fused-ring (bicyclic) bond motifs is 1. The highest BCUT2D eigenvalue weighted by molar-refractivity contribution is 7.20. The Labute approximate surface area is 148 Å². The Kier molecular flexibility index (Phi) is 4.56. The summed E-state index contributed by atoms with van der Waals surface area (Å²) in [6, 6.07) is 11.4. The fraction of sp³-hybridized carbons (Fsp3) is 0.235. The molecule has 3 rings (SSSR count). The van der Waals surface area contributed by atoms with E-state index in [1.165, 1.54) is 11.3 Å². The molecule has 7 heteroatoms. The number of amides is 1. The molecule has 2 heterocycles. The van der Waals surface area contributed by atoms with Crippen LogP contribution in [0, 0.1) is 18.3 Å². The van der Waals surface area contributed by atoms with E-state index < -0.39 is 0 Å². The van der Waals surface area contributed by atoms with Crippen LogP contribution in [0.1, 0.15) is 21.8 Å². The Morgan fingerprint density at radius 2 is 2.21 bits per heavy atom. The van der Waals surface area contributed by atoms with Crippen molar-refractivity contribution in [2.24, 2.45) is 0 Å². The van der Waals surface area contributed by atoms with Crippen molar-refractivity contribution in [2.75, 3.05) is 13.6 Å². The molecule has 0 aliphatic carbocycles. The molecule has 0 atom stereocenters. The van der Waals surface area contributed by atoms with Crippen molar-refractivity contribution in [2.45, 2.75) is 13.3 Å². The summed E-state index contributed by atoms with van der Waals surface area (Å²) in [6.07, 6.45) is 0.319. The second-order valence-electron chi connectivity index (χ2n) is 5.41. The molecule has 0 aliphatic rings. The minimum absolute atomic E-state index is 0.0865. The number of thiophene rings is 1. The van der Waals surface area contributed by atoms with E-state index >= 15 is 0 Å². The minimum Gasteiger partial charge on any atom is -0.340 e. The topological polar surface area (TPSA) is 61.9 Å². The normalized spacial score (nSPS) is 10.8. The number of nitrogens with zero attached hydrogens (tertiary/aromatic N) is 4. The first kappa shape index (κ1) is 16.5. The van der Waals surface area contributed by atoms with Crippen LogP contribution in [0.25, 0.3) is 15.9 Å². The average Bonchev–Trinajstić information content (AvgIpc) is 3.13. The lowest BCUT2D eigenvalue weighted by molar-refractivity contribution is 0.0803. The number of carbonyl (C=O) groups is 1. The van der Waals surface area contributed by atoms with E-state index in [1.807, 2.05) is 37.3 Å². The van der Waals surface area contributed by atoms with Crippen LogP contribution < -0.4 is 0 Å². The Morgan fingerprint density at radius 3 is 2.92 bits per heavy atom. The van der Waals surface area contributed by atoms with Gasteiger partial charge in [-0.1, -0.05) is 23.7 Å². The monoisotopic (exact) mass is 358 g/mol. The summed E-state index contributed by atoms with van der Waals surface area (Å²) in [6.45, 7) is 2.33. The van der Waals surface area contributed by atoms with Gasteiger partial charge in [-0.05, 0) is 25.1 Å². The Bertz CT molecular complexity index is 953. The maximum absolute atomic E-state index is 12.5. The third kappa shape index (κ3) is 2.88. The Balaban J connectivity index is 2.04. The van der Waals surface area contributed by atoms with Gasteiger partial charge >= 0.3 is 0 Å². The number of nitriles is 1. The van der Waals surface area contributed by atoms with E-state index in [1.54, 1.807) is 16.6 Å². The van der Waals surface area contributed by atoms with E-state index in [0.717, 1.165) is 21.6 Å². The molecule has 0 saturated carbocycles. The summed E-state index contributed by atoms with van der Waals surface area (Å²) in [5.41, 5.74) is 1.64.